The zero-order valence-corrected chi connectivity index (χ0v) is 22.2. The normalized spacial score (nSPS) is 23.7. The van der Waals surface area contributed by atoms with Gasteiger partial charge in [-0.15, -0.1) is 11.8 Å². The predicted molar refractivity (Wildman–Crippen MR) is 145 cm³/mol. The Labute approximate surface area is 226 Å². The largest absolute Gasteiger partial charge is 0.494 e. The number of hydrogen-bond acceptors (Lipinski definition) is 7. The first kappa shape index (κ1) is 27.9. The first-order chi connectivity index (χ1) is 17.9. The Kier molecular flexibility index (Phi) is 9.90. The standard InChI is InChI=1S/C29H33ClO6S/c1-2-35-22-9-6-19(7-10-22)14-21-16-20(8-11-24(21)30)29-28(34)27(33)26(32)25(36-29)17-37-23-5-3-4-18(15-23)12-13-31/h3-11,15-16,25-29,31-34H,2,12-14,17H2,1H3/t25-,26?,27+,28-,29+/m1/s1. The fraction of sp³-hybridized carbons (Fsp3) is 0.379. The Hall–Kier alpha value is -2.10. The number of ether oxygens (including phenoxy) is 2. The molecule has 0 amide bonds. The first-order valence-corrected chi connectivity index (χ1v) is 13.8. The van der Waals surface area contributed by atoms with Crippen molar-refractivity contribution < 1.29 is 29.9 Å². The predicted octanol–water partition coefficient (Wildman–Crippen LogP) is 4.18. The Balaban J connectivity index is 1.49. The van der Waals surface area contributed by atoms with Crippen molar-refractivity contribution in [1.29, 1.82) is 0 Å². The third-order valence-electron chi connectivity index (χ3n) is 6.45. The van der Waals surface area contributed by atoms with E-state index < -0.39 is 30.5 Å². The van der Waals surface area contributed by atoms with Crippen LogP contribution in [0.2, 0.25) is 5.02 Å². The van der Waals surface area contributed by atoms with Crippen LogP contribution in [0.25, 0.3) is 0 Å². The van der Waals surface area contributed by atoms with Crippen molar-refractivity contribution in [2.24, 2.45) is 0 Å². The van der Waals surface area contributed by atoms with Gasteiger partial charge in [0.25, 0.3) is 0 Å². The zero-order chi connectivity index (χ0) is 26.4. The van der Waals surface area contributed by atoms with Crippen molar-refractivity contribution >= 4 is 23.4 Å². The highest BCUT2D eigenvalue weighted by molar-refractivity contribution is 7.99. The zero-order valence-electron chi connectivity index (χ0n) is 20.7. The molecule has 0 aromatic heterocycles. The van der Waals surface area contributed by atoms with Gasteiger partial charge in [0, 0.05) is 22.3 Å². The van der Waals surface area contributed by atoms with Gasteiger partial charge < -0.3 is 29.9 Å². The molecule has 0 bridgehead atoms. The summed E-state index contributed by atoms with van der Waals surface area (Å²) in [6.07, 6.45) is -4.23. The second kappa shape index (κ2) is 13.1. The number of benzene rings is 3. The van der Waals surface area contributed by atoms with Crippen molar-refractivity contribution in [2.75, 3.05) is 19.0 Å². The van der Waals surface area contributed by atoms with Crippen LogP contribution in [0.5, 0.6) is 5.75 Å². The molecule has 1 fully saturated rings. The van der Waals surface area contributed by atoms with Crippen molar-refractivity contribution in [3.8, 4) is 5.75 Å². The number of aliphatic hydroxyl groups excluding tert-OH is 4. The molecule has 6 nitrogen and oxygen atoms in total. The number of rotatable bonds is 10. The van der Waals surface area contributed by atoms with Crippen LogP contribution in [0.4, 0.5) is 0 Å². The molecular formula is C29H33ClO6S. The summed E-state index contributed by atoms with van der Waals surface area (Å²) in [5.74, 6) is 1.19. The molecule has 4 N–H and O–H groups in total. The van der Waals surface area contributed by atoms with Crippen molar-refractivity contribution in [1.82, 2.24) is 0 Å². The highest BCUT2D eigenvalue weighted by Gasteiger charge is 2.44. The minimum absolute atomic E-state index is 0.0754. The highest BCUT2D eigenvalue weighted by atomic mass is 35.5. The molecule has 1 saturated heterocycles. The molecule has 1 heterocycles. The fourth-order valence-corrected chi connectivity index (χ4v) is 5.69. The summed E-state index contributed by atoms with van der Waals surface area (Å²) in [7, 11) is 0. The molecule has 8 heteroatoms. The van der Waals surface area contributed by atoms with Gasteiger partial charge in [-0.2, -0.15) is 0 Å². The summed E-state index contributed by atoms with van der Waals surface area (Å²) >= 11 is 7.99. The van der Waals surface area contributed by atoms with E-state index in [-0.39, 0.29) is 6.61 Å². The maximum Gasteiger partial charge on any atom is 0.119 e. The summed E-state index contributed by atoms with van der Waals surface area (Å²) < 4.78 is 11.7. The lowest BCUT2D eigenvalue weighted by Gasteiger charge is -2.41. The molecule has 1 unspecified atom stereocenters. The molecule has 1 aliphatic heterocycles. The van der Waals surface area contributed by atoms with Gasteiger partial charge in [-0.25, -0.2) is 0 Å². The Morgan fingerprint density at radius 2 is 1.70 bits per heavy atom. The van der Waals surface area contributed by atoms with Gasteiger partial charge in [-0.05, 0) is 72.4 Å². The SMILES string of the molecule is CCOc1ccc(Cc2cc([C@@H]3O[C@H](CSc4cccc(CCO)c4)C(O)[C@H](O)[C@H]3O)ccc2Cl)cc1. The molecule has 37 heavy (non-hydrogen) atoms. The minimum atomic E-state index is -1.35. The Morgan fingerprint density at radius 3 is 2.43 bits per heavy atom. The molecule has 3 aromatic carbocycles. The second-order valence-electron chi connectivity index (χ2n) is 9.10. The quantitative estimate of drug-likeness (QED) is 0.284. The minimum Gasteiger partial charge on any atom is -0.494 e. The molecule has 0 radical (unpaired) electrons. The van der Waals surface area contributed by atoms with Gasteiger partial charge in [-0.3, -0.25) is 0 Å². The molecular weight excluding hydrogens is 512 g/mol. The van der Waals surface area contributed by atoms with Crippen LogP contribution in [-0.2, 0) is 17.6 Å². The lowest BCUT2D eigenvalue weighted by Crippen LogP contribution is -2.54. The molecule has 0 spiro atoms. The van der Waals surface area contributed by atoms with Gasteiger partial charge in [0.15, 0.2) is 0 Å². The summed E-state index contributed by atoms with van der Waals surface area (Å²) in [5.41, 5.74) is 3.63. The van der Waals surface area contributed by atoms with E-state index in [1.165, 1.54) is 11.8 Å². The van der Waals surface area contributed by atoms with Gasteiger partial charge >= 0.3 is 0 Å². The maximum atomic E-state index is 10.8. The van der Waals surface area contributed by atoms with E-state index in [0.717, 1.165) is 27.3 Å². The second-order valence-corrected chi connectivity index (χ2v) is 10.6. The van der Waals surface area contributed by atoms with Crippen LogP contribution in [0, 0.1) is 0 Å². The first-order valence-electron chi connectivity index (χ1n) is 12.4. The Bertz CT molecular complexity index is 1160. The molecule has 4 rings (SSSR count). The number of halogens is 1. The van der Waals surface area contributed by atoms with Crippen LogP contribution in [0.15, 0.2) is 71.6 Å². The fourth-order valence-electron chi connectivity index (χ4n) is 4.46. The van der Waals surface area contributed by atoms with Crippen LogP contribution < -0.4 is 4.74 Å². The molecule has 198 valence electrons. The number of thioether (sulfide) groups is 1. The molecule has 3 aromatic rings. The van der Waals surface area contributed by atoms with E-state index in [2.05, 4.69) is 0 Å². The van der Waals surface area contributed by atoms with E-state index >= 15 is 0 Å². The van der Waals surface area contributed by atoms with E-state index in [9.17, 15) is 20.4 Å². The van der Waals surface area contributed by atoms with Crippen molar-refractivity contribution in [3.63, 3.8) is 0 Å². The molecule has 0 aliphatic carbocycles. The van der Waals surface area contributed by atoms with Crippen molar-refractivity contribution in [2.45, 2.75) is 55.2 Å². The molecule has 1 aliphatic rings. The van der Waals surface area contributed by atoms with E-state index in [0.29, 0.717) is 35.8 Å². The lowest BCUT2D eigenvalue weighted by molar-refractivity contribution is -0.218. The Morgan fingerprint density at radius 1 is 0.919 bits per heavy atom. The average Bonchev–Trinajstić information content (AvgIpc) is 2.90. The summed E-state index contributed by atoms with van der Waals surface area (Å²) in [6, 6.07) is 21.1. The number of aliphatic hydroxyl groups is 4. The summed E-state index contributed by atoms with van der Waals surface area (Å²) in [4.78, 5) is 0.975. The van der Waals surface area contributed by atoms with Crippen molar-refractivity contribution in [3.05, 3.63) is 94.0 Å². The third kappa shape index (κ3) is 7.06. The summed E-state index contributed by atoms with van der Waals surface area (Å²) in [6.45, 7) is 2.62. The topological polar surface area (TPSA) is 99.4 Å². The van der Waals surface area contributed by atoms with Gasteiger partial charge in [0.2, 0.25) is 0 Å². The molecule has 0 saturated carbocycles. The van der Waals surface area contributed by atoms with Gasteiger partial charge in [-0.1, -0.05) is 48.0 Å². The lowest BCUT2D eigenvalue weighted by atomic mass is 9.90. The summed E-state index contributed by atoms with van der Waals surface area (Å²) in [5, 5.41) is 41.8. The number of hydrogen-bond donors (Lipinski definition) is 4. The third-order valence-corrected chi connectivity index (χ3v) is 7.90. The maximum absolute atomic E-state index is 10.8. The van der Waals surface area contributed by atoms with E-state index in [4.69, 9.17) is 21.1 Å². The molecule has 5 atom stereocenters. The van der Waals surface area contributed by atoms with E-state index in [1.54, 1.807) is 12.1 Å². The van der Waals surface area contributed by atoms with Gasteiger partial charge in [0.05, 0.1) is 12.7 Å². The van der Waals surface area contributed by atoms with Crippen LogP contribution in [0.3, 0.4) is 0 Å². The monoisotopic (exact) mass is 544 g/mol. The van der Waals surface area contributed by atoms with Crippen LogP contribution in [0.1, 0.15) is 35.3 Å². The highest BCUT2D eigenvalue weighted by Crippen LogP contribution is 2.36. The van der Waals surface area contributed by atoms with E-state index in [1.807, 2.05) is 61.5 Å². The average molecular weight is 545 g/mol. The van der Waals surface area contributed by atoms with Crippen LogP contribution >= 0.6 is 23.4 Å². The smallest absolute Gasteiger partial charge is 0.119 e. The van der Waals surface area contributed by atoms with Gasteiger partial charge in [0.1, 0.15) is 30.2 Å². The van der Waals surface area contributed by atoms with Crippen LogP contribution in [-0.4, -0.2) is 63.8 Å².